The van der Waals surface area contributed by atoms with Crippen molar-refractivity contribution in [2.75, 3.05) is 20.3 Å². The van der Waals surface area contributed by atoms with Crippen molar-refractivity contribution in [2.45, 2.75) is 25.8 Å². The molecule has 0 aliphatic carbocycles. The summed E-state index contributed by atoms with van der Waals surface area (Å²) in [4.78, 5) is 19.9. The van der Waals surface area contributed by atoms with Crippen LogP contribution >= 0.6 is 0 Å². The smallest absolute Gasteiger partial charge is 0.225 e. The first-order valence-electron chi connectivity index (χ1n) is 7.41. The zero-order valence-electron chi connectivity index (χ0n) is 13.2. The van der Waals surface area contributed by atoms with Crippen molar-refractivity contribution in [1.29, 1.82) is 0 Å². The first-order chi connectivity index (χ1) is 11.1. The van der Waals surface area contributed by atoms with E-state index in [9.17, 15) is 4.79 Å². The average molecular weight is 317 g/mol. The molecule has 1 unspecified atom stereocenters. The molecule has 3 rings (SSSR count). The van der Waals surface area contributed by atoms with E-state index >= 15 is 0 Å². The highest BCUT2D eigenvalue weighted by atomic mass is 16.5. The Morgan fingerprint density at radius 3 is 3.04 bits per heavy atom. The third kappa shape index (κ3) is 3.16. The number of primary amides is 1. The van der Waals surface area contributed by atoms with Crippen molar-refractivity contribution in [3.63, 3.8) is 0 Å². The van der Waals surface area contributed by atoms with Crippen LogP contribution in [0, 0.1) is 6.92 Å². The number of ether oxygens (including phenoxy) is 2. The van der Waals surface area contributed by atoms with Crippen LogP contribution in [0.15, 0.2) is 12.3 Å². The van der Waals surface area contributed by atoms with E-state index in [1.54, 1.807) is 13.3 Å². The Hall–Kier alpha value is -2.48. The van der Waals surface area contributed by atoms with E-state index in [4.69, 9.17) is 15.2 Å². The first kappa shape index (κ1) is 15.4. The van der Waals surface area contributed by atoms with Gasteiger partial charge in [-0.2, -0.15) is 5.10 Å². The lowest BCUT2D eigenvalue weighted by Crippen LogP contribution is -2.16. The molecule has 2 N–H and O–H groups in total. The minimum Gasteiger partial charge on any atom is -0.494 e. The van der Waals surface area contributed by atoms with E-state index in [1.807, 2.05) is 17.7 Å². The van der Waals surface area contributed by atoms with E-state index in [1.165, 1.54) is 0 Å². The fourth-order valence-corrected chi connectivity index (χ4v) is 2.64. The molecule has 122 valence electrons. The number of amides is 1. The number of hydrogen-bond donors (Lipinski definition) is 1. The summed E-state index contributed by atoms with van der Waals surface area (Å²) in [5, 5.41) is 4.46. The molecule has 1 fully saturated rings. The van der Waals surface area contributed by atoms with Crippen molar-refractivity contribution in [3.8, 4) is 17.1 Å². The third-order valence-electron chi connectivity index (χ3n) is 3.72. The molecule has 8 heteroatoms. The van der Waals surface area contributed by atoms with Gasteiger partial charge in [-0.15, -0.1) is 0 Å². The van der Waals surface area contributed by atoms with Gasteiger partial charge in [0.15, 0.2) is 11.6 Å². The molecule has 0 bridgehead atoms. The SMILES string of the molecule is COc1cnc(C)cc1-c1nc(CC(N)=O)nn1C1CCOC1. The second kappa shape index (κ2) is 6.33. The van der Waals surface area contributed by atoms with Crippen LogP contribution in [-0.2, 0) is 16.0 Å². The fraction of sp³-hybridized carbons (Fsp3) is 0.467. The second-order valence-electron chi connectivity index (χ2n) is 5.48. The summed E-state index contributed by atoms with van der Waals surface area (Å²) in [7, 11) is 1.58. The quantitative estimate of drug-likeness (QED) is 0.868. The van der Waals surface area contributed by atoms with E-state index in [2.05, 4.69) is 15.1 Å². The lowest BCUT2D eigenvalue weighted by atomic mass is 10.2. The summed E-state index contributed by atoms with van der Waals surface area (Å²) in [6, 6.07) is 1.97. The molecule has 8 nitrogen and oxygen atoms in total. The molecule has 1 aliphatic heterocycles. The van der Waals surface area contributed by atoms with Crippen molar-refractivity contribution >= 4 is 5.91 Å². The Morgan fingerprint density at radius 1 is 1.57 bits per heavy atom. The van der Waals surface area contributed by atoms with Crippen LogP contribution in [-0.4, -0.2) is 46.0 Å². The van der Waals surface area contributed by atoms with Crippen LogP contribution in [0.2, 0.25) is 0 Å². The van der Waals surface area contributed by atoms with Crippen molar-refractivity contribution in [2.24, 2.45) is 5.73 Å². The predicted octanol–water partition coefficient (Wildman–Crippen LogP) is 0.646. The van der Waals surface area contributed by atoms with Gasteiger partial charge in [-0.05, 0) is 19.4 Å². The molecule has 2 aromatic rings. The van der Waals surface area contributed by atoms with Crippen LogP contribution in [0.1, 0.15) is 24.0 Å². The molecular formula is C15H19N5O3. The number of aromatic nitrogens is 4. The summed E-state index contributed by atoms with van der Waals surface area (Å²) in [6.07, 6.45) is 2.50. The maximum atomic E-state index is 11.2. The summed E-state index contributed by atoms with van der Waals surface area (Å²) in [6.45, 7) is 3.15. The van der Waals surface area contributed by atoms with Gasteiger partial charge in [0.1, 0.15) is 5.75 Å². The maximum absolute atomic E-state index is 11.2. The van der Waals surface area contributed by atoms with Gasteiger partial charge < -0.3 is 15.2 Å². The van der Waals surface area contributed by atoms with Gasteiger partial charge in [0, 0.05) is 12.3 Å². The minimum absolute atomic E-state index is 0.0000413. The molecule has 1 amide bonds. The van der Waals surface area contributed by atoms with Gasteiger partial charge in [-0.3, -0.25) is 9.78 Å². The summed E-state index contributed by atoms with van der Waals surface area (Å²) in [5.41, 5.74) is 6.90. The van der Waals surface area contributed by atoms with Crippen LogP contribution in [0.4, 0.5) is 0 Å². The number of carbonyl (C=O) groups excluding carboxylic acids is 1. The summed E-state index contributed by atoms with van der Waals surface area (Å²) in [5.74, 6) is 1.18. The molecule has 0 spiro atoms. The highest BCUT2D eigenvalue weighted by Crippen LogP contribution is 2.32. The lowest BCUT2D eigenvalue weighted by Gasteiger charge is -2.13. The number of pyridine rings is 1. The topological polar surface area (TPSA) is 105 Å². The van der Waals surface area contributed by atoms with E-state index < -0.39 is 5.91 Å². The molecule has 1 atom stereocenters. The number of rotatable bonds is 5. The Kier molecular flexibility index (Phi) is 4.24. The molecule has 23 heavy (non-hydrogen) atoms. The summed E-state index contributed by atoms with van der Waals surface area (Å²) < 4.78 is 12.7. The van der Waals surface area contributed by atoms with E-state index in [-0.39, 0.29) is 12.5 Å². The van der Waals surface area contributed by atoms with Gasteiger partial charge in [0.2, 0.25) is 5.91 Å². The lowest BCUT2D eigenvalue weighted by molar-refractivity contribution is -0.117. The first-order valence-corrected chi connectivity index (χ1v) is 7.41. The Labute approximate surface area is 133 Å². The van der Waals surface area contributed by atoms with E-state index in [0.29, 0.717) is 30.6 Å². The van der Waals surface area contributed by atoms with Gasteiger partial charge in [0.25, 0.3) is 0 Å². The van der Waals surface area contributed by atoms with Crippen molar-refractivity contribution in [3.05, 3.63) is 23.8 Å². The third-order valence-corrected chi connectivity index (χ3v) is 3.72. The number of carbonyl (C=O) groups is 1. The van der Waals surface area contributed by atoms with Crippen molar-refractivity contribution in [1.82, 2.24) is 19.7 Å². The summed E-state index contributed by atoms with van der Waals surface area (Å²) >= 11 is 0. The Bertz CT molecular complexity index is 722. The number of hydrogen-bond acceptors (Lipinski definition) is 6. The number of methoxy groups -OCH3 is 1. The molecule has 0 saturated carbocycles. The monoisotopic (exact) mass is 317 g/mol. The average Bonchev–Trinajstić information content (AvgIpc) is 3.15. The van der Waals surface area contributed by atoms with Crippen LogP contribution in [0.3, 0.4) is 0 Å². The Balaban J connectivity index is 2.10. The van der Waals surface area contributed by atoms with Gasteiger partial charge in [-0.25, -0.2) is 9.67 Å². The van der Waals surface area contributed by atoms with E-state index in [0.717, 1.165) is 17.7 Å². The normalized spacial score (nSPS) is 17.4. The largest absolute Gasteiger partial charge is 0.494 e. The van der Waals surface area contributed by atoms with Gasteiger partial charge >= 0.3 is 0 Å². The maximum Gasteiger partial charge on any atom is 0.225 e. The van der Waals surface area contributed by atoms with Crippen LogP contribution < -0.4 is 10.5 Å². The fourth-order valence-electron chi connectivity index (χ4n) is 2.64. The zero-order valence-corrected chi connectivity index (χ0v) is 13.2. The molecule has 0 radical (unpaired) electrons. The molecule has 0 aromatic carbocycles. The van der Waals surface area contributed by atoms with Crippen LogP contribution in [0.5, 0.6) is 5.75 Å². The minimum atomic E-state index is -0.464. The van der Waals surface area contributed by atoms with Crippen LogP contribution in [0.25, 0.3) is 11.4 Å². The Morgan fingerprint density at radius 2 is 2.39 bits per heavy atom. The molecule has 2 aromatic heterocycles. The molecule has 1 saturated heterocycles. The van der Waals surface area contributed by atoms with Gasteiger partial charge in [0.05, 0.1) is 37.9 Å². The number of aryl methyl sites for hydroxylation is 1. The zero-order chi connectivity index (χ0) is 16.4. The predicted molar refractivity (Wildman–Crippen MR) is 81.9 cm³/mol. The van der Waals surface area contributed by atoms with Gasteiger partial charge in [-0.1, -0.05) is 0 Å². The highest BCUT2D eigenvalue weighted by molar-refractivity contribution is 5.76. The molecule has 1 aliphatic rings. The standard InChI is InChI=1S/C15H19N5O3/c1-9-5-11(12(22-2)7-17-9)15-18-14(6-13(16)21)19-20(15)10-3-4-23-8-10/h5,7,10H,3-4,6,8H2,1-2H3,(H2,16,21). The highest BCUT2D eigenvalue weighted by Gasteiger charge is 2.25. The molecular weight excluding hydrogens is 298 g/mol. The molecule has 3 heterocycles. The second-order valence-corrected chi connectivity index (χ2v) is 5.48. The van der Waals surface area contributed by atoms with Crippen molar-refractivity contribution < 1.29 is 14.3 Å². The number of nitrogens with zero attached hydrogens (tertiary/aromatic N) is 4. The number of nitrogens with two attached hydrogens (primary N) is 1.